The molecule has 0 spiro atoms. The molecule has 0 aromatic rings. The van der Waals surface area contributed by atoms with E-state index in [1.165, 1.54) is 135 Å². The van der Waals surface area contributed by atoms with E-state index in [9.17, 15) is 4.79 Å². The van der Waals surface area contributed by atoms with Crippen LogP contribution in [0.3, 0.4) is 0 Å². The van der Waals surface area contributed by atoms with Crippen LogP contribution in [0.1, 0.15) is 207 Å². The first-order valence-electron chi connectivity index (χ1n) is 21.9. The number of ketones is 1. The summed E-state index contributed by atoms with van der Waals surface area (Å²) in [6.07, 6.45) is 57.9. The van der Waals surface area contributed by atoms with Crippen molar-refractivity contribution in [2.45, 2.75) is 214 Å². The molecule has 50 heavy (non-hydrogen) atoms. The Morgan fingerprint density at radius 1 is 0.480 bits per heavy atom. The van der Waals surface area contributed by atoms with Gasteiger partial charge in [-0.05, 0) is 104 Å². The van der Waals surface area contributed by atoms with Crippen molar-refractivity contribution in [2.75, 3.05) is 14.1 Å². The van der Waals surface area contributed by atoms with Crippen LogP contribution < -0.4 is 0 Å². The van der Waals surface area contributed by atoms with Crippen molar-refractivity contribution in [3.63, 3.8) is 0 Å². The summed E-state index contributed by atoms with van der Waals surface area (Å²) in [6.45, 7) is 8.93. The highest BCUT2D eigenvalue weighted by molar-refractivity contribution is 5.80. The van der Waals surface area contributed by atoms with Crippen molar-refractivity contribution in [1.29, 1.82) is 0 Å². The van der Waals surface area contributed by atoms with E-state index >= 15 is 0 Å². The third-order valence-corrected chi connectivity index (χ3v) is 10.5. The second-order valence-electron chi connectivity index (χ2n) is 15.5. The van der Waals surface area contributed by atoms with E-state index in [4.69, 9.17) is 0 Å². The lowest BCUT2D eigenvalue weighted by Gasteiger charge is -2.21. The van der Waals surface area contributed by atoms with Gasteiger partial charge in [0.15, 0.2) is 0 Å². The monoisotopic (exact) mass is 694 g/mol. The van der Waals surface area contributed by atoms with Crippen LogP contribution in [-0.2, 0) is 4.79 Å². The quantitative estimate of drug-likeness (QED) is 0.0477. The van der Waals surface area contributed by atoms with E-state index in [0.29, 0.717) is 17.7 Å². The first kappa shape index (κ1) is 48.3. The number of unbranched alkanes of at least 4 members (excludes halogenated alkanes) is 15. The van der Waals surface area contributed by atoms with E-state index in [-0.39, 0.29) is 5.92 Å². The minimum atomic E-state index is 0.218. The Labute approximate surface area is 314 Å². The predicted molar refractivity (Wildman–Crippen MR) is 227 cm³/mol. The zero-order valence-corrected chi connectivity index (χ0v) is 34.7. The normalized spacial score (nSPS) is 14.5. The zero-order chi connectivity index (χ0) is 36.8. The van der Waals surface area contributed by atoms with Crippen molar-refractivity contribution >= 4 is 5.78 Å². The molecule has 0 saturated heterocycles. The van der Waals surface area contributed by atoms with Gasteiger partial charge in [-0.25, -0.2) is 0 Å². The lowest BCUT2D eigenvalue weighted by Crippen LogP contribution is -2.24. The van der Waals surface area contributed by atoms with Crippen molar-refractivity contribution in [2.24, 2.45) is 11.8 Å². The summed E-state index contributed by atoms with van der Waals surface area (Å²) in [5.41, 5.74) is 0. The number of carbonyl (C=O) groups excluding carboxylic acids is 1. The Hall–Kier alpha value is -1.67. The Balaban J connectivity index is 4.30. The average molecular weight is 694 g/mol. The van der Waals surface area contributed by atoms with E-state index in [1.807, 2.05) is 0 Å². The van der Waals surface area contributed by atoms with Crippen molar-refractivity contribution in [3.8, 4) is 0 Å². The molecule has 0 radical (unpaired) electrons. The van der Waals surface area contributed by atoms with Crippen LogP contribution in [0.25, 0.3) is 0 Å². The summed E-state index contributed by atoms with van der Waals surface area (Å²) in [5.74, 6) is 1.35. The Kier molecular flexibility index (Phi) is 37.3. The van der Waals surface area contributed by atoms with Gasteiger partial charge in [-0.15, -0.1) is 0 Å². The Morgan fingerprint density at radius 3 is 1.36 bits per heavy atom. The molecule has 290 valence electrons. The van der Waals surface area contributed by atoms with Crippen LogP contribution in [0.5, 0.6) is 0 Å². The van der Waals surface area contributed by atoms with E-state index in [2.05, 4.69) is 107 Å². The first-order valence-corrected chi connectivity index (χ1v) is 21.9. The van der Waals surface area contributed by atoms with Crippen LogP contribution in [-0.4, -0.2) is 30.8 Å². The maximum atomic E-state index is 13.3. The number of allylic oxidation sites excluding steroid dienone is 10. The van der Waals surface area contributed by atoms with Gasteiger partial charge in [0.05, 0.1) is 0 Å². The number of hydrogen-bond acceptors (Lipinski definition) is 2. The molecule has 0 aliphatic heterocycles. The fourth-order valence-corrected chi connectivity index (χ4v) is 6.62. The number of nitrogens with zero attached hydrogens (tertiary/aromatic N) is 1. The minimum absolute atomic E-state index is 0.218. The van der Waals surface area contributed by atoms with Gasteiger partial charge >= 0.3 is 0 Å². The van der Waals surface area contributed by atoms with E-state index < -0.39 is 0 Å². The lowest BCUT2D eigenvalue weighted by molar-refractivity contribution is -0.123. The molecule has 3 unspecified atom stereocenters. The highest BCUT2D eigenvalue weighted by Crippen LogP contribution is 2.25. The topological polar surface area (TPSA) is 20.3 Å². The van der Waals surface area contributed by atoms with Crippen LogP contribution in [0.15, 0.2) is 60.8 Å². The molecule has 0 bridgehead atoms. The molecule has 3 atom stereocenters. The molecule has 0 fully saturated rings. The predicted octanol–water partition coefficient (Wildman–Crippen LogP) is 15.5. The fourth-order valence-electron chi connectivity index (χ4n) is 6.62. The summed E-state index contributed by atoms with van der Waals surface area (Å²) < 4.78 is 0. The molecule has 0 aliphatic carbocycles. The van der Waals surface area contributed by atoms with Gasteiger partial charge in [0.1, 0.15) is 5.78 Å². The second kappa shape index (κ2) is 38.6. The number of hydrogen-bond donors (Lipinski definition) is 0. The van der Waals surface area contributed by atoms with Crippen molar-refractivity contribution in [1.82, 2.24) is 4.90 Å². The molecule has 0 saturated carbocycles. The van der Waals surface area contributed by atoms with E-state index in [1.54, 1.807) is 0 Å². The van der Waals surface area contributed by atoms with Gasteiger partial charge in [0, 0.05) is 18.4 Å². The molecule has 0 aliphatic rings. The average Bonchev–Trinajstić information content (AvgIpc) is 3.10. The highest BCUT2D eigenvalue weighted by atomic mass is 16.1. The van der Waals surface area contributed by atoms with Gasteiger partial charge in [0.2, 0.25) is 0 Å². The molecule has 0 rings (SSSR count). The molecule has 0 heterocycles. The van der Waals surface area contributed by atoms with Gasteiger partial charge in [0.25, 0.3) is 0 Å². The second-order valence-corrected chi connectivity index (χ2v) is 15.5. The Morgan fingerprint density at radius 2 is 0.900 bits per heavy atom. The molecule has 2 nitrogen and oxygen atoms in total. The number of Topliss-reactive ketones (excluding diaryl/α,β-unsaturated/α-hetero) is 1. The summed E-state index contributed by atoms with van der Waals surface area (Å²) in [4.78, 5) is 15.6. The van der Waals surface area contributed by atoms with Crippen LogP contribution in [0.4, 0.5) is 0 Å². The van der Waals surface area contributed by atoms with Crippen molar-refractivity contribution in [3.05, 3.63) is 60.8 Å². The molecular formula is C48H87NO. The standard InChI is InChI=1S/C48H87NO/c1-7-9-11-13-15-17-19-21-23-25-27-29-31-33-35-37-42-47(44-48(50)45(3)40-39-41-46(4)49(5)6)43-38-36-34-32-30-28-26-24-22-20-18-16-14-12-10-8-2/h9,11,15-18,21-24,45-47H,7-8,10,12-14,19-20,25-44H2,1-6H3/b11-9-,17-15-,18-16-,23-21-,24-22-. The van der Waals surface area contributed by atoms with E-state index in [0.717, 1.165) is 44.9 Å². The van der Waals surface area contributed by atoms with Crippen molar-refractivity contribution < 1.29 is 4.79 Å². The molecule has 0 N–H and O–H groups in total. The largest absolute Gasteiger partial charge is 0.307 e. The molecular weight excluding hydrogens is 607 g/mol. The van der Waals surface area contributed by atoms with Crippen LogP contribution in [0, 0.1) is 11.8 Å². The lowest BCUT2D eigenvalue weighted by atomic mass is 9.86. The molecule has 0 aromatic heterocycles. The van der Waals surface area contributed by atoms with Gasteiger partial charge in [-0.2, -0.15) is 0 Å². The summed E-state index contributed by atoms with van der Waals surface area (Å²) >= 11 is 0. The van der Waals surface area contributed by atoms with Crippen LogP contribution >= 0.6 is 0 Å². The fraction of sp³-hybridized carbons (Fsp3) is 0.771. The van der Waals surface area contributed by atoms with Crippen LogP contribution in [0.2, 0.25) is 0 Å². The third kappa shape index (κ3) is 34.8. The number of rotatable bonds is 37. The maximum Gasteiger partial charge on any atom is 0.135 e. The Bertz CT molecular complexity index is 861. The zero-order valence-electron chi connectivity index (χ0n) is 34.7. The summed E-state index contributed by atoms with van der Waals surface area (Å²) in [7, 11) is 4.31. The molecule has 2 heteroatoms. The molecule has 0 aromatic carbocycles. The maximum absolute atomic E-state index is 13.3. The highest BCUT2D eigenvalue weighted by Gasteiger charge is 2.19. The minimum Gasteiger partial charge on any atom is -0.307 e. The van der Waals surface area contributed by atoms with Gasteiger partial charge in [-0.1, -0.05) is 178 Å². The number of carbonyl (C=O) groups is 1. The molecule has 0 amide bonds. The smallest absolute Gasteiger partial charge is 0.135 e. The van der Waals surface area contributed by atoms with Gasteiger partial charge < -0.3 is 4.90 Å². The summed E-state index contributed by atoms with van der Waals surface area (Å²) in [6, 6.07) is 0.593. The van der Waals surface area contributed by atoms with Gasteiger partial charge in [-0.3, -0.25) is 4.79 Å². The SMILES string of the molecule is CC/C=C\C/C=C\C/C=C\CCCCCCCCC(CCCCCCCC/C=C\C/C=C\CCCCC)CC(=O)C(C)CCCC(C)N(C)C. The first-order chi connectivity index (χ1) is 24.4. The third-order valence-electron chi connectivity index (χ3n) is 10.5. The summed E-state index contributed by atoms with van der Waals surface area (Å²) in [5, 5.41) is 0.